The summed E-state index contributed by atoms with van der Waals surface area (Å²) in [5.74, 6) is 1.03. The van der Waals surface area contributed by atoms with Crippen LogP contribution in [0.3, 0.4) is 0 Å². The Hall–Kier alpha value is -1.09. The van der Waals surface area contributed by atoms with Crippen molar-refractivity contribution < 1.29 is 9.13 Å². The number of nitrogens with zero attached hydrogens (tertiary/aromatic N) is 3. The van der Waals surface area contributed by atoms with Crippen LogP contribution in [0.15, 0.2) is 23.2 Å². The highest BCUT2D eigenvalue weighted by Crippen LogP contribution is 2.20. The van der Waals surface area contributed by atoms with Crippen molar-refractivity contribution in [3.05, 3.63) is 29.6 Å². The molecule has 0 unspecified atom stereocenters. The fourth-order valence-corrected chi connectivity index (χ4v) is 3.22. The van der Waals surface area contributed by atoms with E-state index in [4.69, 9.17) is 4.74 Å². The lowest BCUT2D eigenvalue weighted by Crippen LogP contribution is -2.54. The number of guanidine groups is 1. The first-order valence-electron chi connectivity index (χ1n) is 8.72. The number of ether oxygens (including phenoxy) is 1. The topological polar surface area (TPSA) is 40.1 Å². The Kier molecular flexibility index (Phi) is 7.74. The predicted octanol–water partition coefficient (Wildman–Crippen LogP) is 2.70. The SMILES string of the molecule is CN=C(NC1CCC1)N1CCN(Cc2ccc(OC)c(F)c2)CC1.I. The quantitative estimate of drug-likeness (QED) is 0.425. The van der Waals surface area contributed by atoms with E-state index in [0.717, 1.165) is 44.2 Å². The molecule has 140 valence electrons. The molecule has 0 radical (unpaired) electrons. The minimum Gasteiger partial charge on any atom is -0.494 e. The van der Waals surface area contributed by atoms with Crippen LogP contribution in [-0.2, 0) is 6.54 Å². The van der Waals surface area contributed by atoms with Crippen molar-refractivity contribution in [3.8, 4) is 5.75 Å². The summed E-state index contributed by atoms with van der Waals surface area (Å²) in [7, 11) is 3.34. The number of benzene rings is 1. The fourth-order valence-electron chi connectivity index (χ4n) is 3.22. The number of nitrogens with one attached hydrogen (secondary N) is 1. The molecule has 0 aromatic heterocycles. The third-order valence-corrected chi connectivity index (χ3v) is 4.94. The highest BCUT2D eigenvalue weighted by Gasteiger charge is 2.24. The maximum absolute atomic E-state index is 13.8. The first-order valence-corrected chi connectivity index (χ1v) is 8.72. The van der Waals surface area contributed by atoms with Gasteiger partial charge >= 0.3 is 0 Å². The number of rotatable bonds is 4. The third kappa shape index (κ3) is 5.20. The van der Waals surface area contributed by atoms with Gasteiger partial charge in [0.15, 0.2) is 17.5 Å². The van der Waals surface area contributed by atoms with Gasteiger partial charge in [0.05, 0.1) is 7.11 Å². The van der Waals surface area contributed by atoms with Crippen LogP contribution in [0.5, 0.6) is 5.75 Å². The minimum atomic E-state index is -0.293. The molecule has 1 aliphatic carbocycles. The lowest BCUT2D eigenvalue weighted by atomic mass is 9.93. The molecule has 7 heteroatoms. The molecule has 25 heavy (non-hydrogen) atoms. The molecular weight excluding hydrogens is 434 g/mol. The number of piperazine rings is 1. The maximum atomic E-state index is 13.8. The van der Waals surface area contributed by atoms with Gasteiger partial charge in [-0.2, -0.15) is 0 Å². The summed E-state index contributed by atoms with van der Waals surface area (Å²) in [4.78, 5) is 9.10. The molecule has 0 bridgehead atoms. The minimum absolute atomic E-state index is 0. The van der Waals surface area contributed by atoms with Crippen molar-refractivity contribution in [2.45, 2.75) is 31.8 Å². The van der Waals surface area contributed by atoms with E-state index < -0.39 is 0 Å². The summed E-state index contributed by atoms with van der Waals surface area (Å²) in [5.41, 5.74) is 0.985. The fraction of sp³-hybridized carbons (Fsp3) is 0.611. The van der Waals surface area contributed by atoms with Crippen LogP contribution < -0.4 is 10.1 Å². The van der Waals surface area contributed by atoms with E-state index in [9.17, 15) is 4.39 Å². The zero-order chi connectivity index (χ0) is 16.9. The Bertz CT molecular complexity index is 586. The number of hydrogen-bond donors (Lipinski definition) is 1. The summed E-state index contributed by atoms with van der Waals surface area (Å²) in [6, 6.07) is 5.81. The molecule has 0 atom stereocenters. The van der Waals surface area contributed by atoms with Crippen LogP contribution in [0, 0.1) is 5.82 Å². The van der Waals surface area contributed by atoms with Crippen LogP contribution in [0.25, 0.3) is 0 Å². The molecule has 1 aromatic rings. The van der Waals surface area contributed by atoms with Gasteiger partial charge in [0, 0.05) is 45.8 Å². The molecule has 1 aromatic carbocycles. The summed E-state index contributed by atoms with van der Waals surface area (Å²) in [6.45, 7) is 4.58. The molecule has 1 saturated heterocycles. The summed E-state index contributed by atoms with van der Waals surface area (Å²) in [6.07, 6.45) is 3.82. The molecule has 2 fully saturated rings. The molecule has 0 spiro atoms. The lowest BCUT2D eigenvalue weighted by Gasteiger charge is -2.38. The molecule has 1 aliphatic heterocycles. The van der Waals surface area contributed by atoms with Crippen LogP contribution in [0.2, 0.25) is 0 Å². The van der Waals surface area contributed by atoms with Gasteiger partial charge in [0.25, 0.3) is 0 Å². The Labute approximate surface area is 166 Å². The van der Waals surface area contributed by atoms with Crippen LogP contribution in [0.1, 0.15) is 24.8 Å². The van der Waals surface area contributed by atoms with Gasteiger partial charge in [-0.25, -0.2) is 4.39 Å². The van der Waals surface area contributed by atoms with Crippen molar-refractivity contribution in [2.75, 3.05) is 40.3 Å². The van der Waals surface area contributed by atoms with E-state index in [1.54, 1.807) is 12.1 Å². The molecular formula is C18H28FIN4O. The second-order valence-corrected chi connectivity index (χ2v) is 6.55. The summed E-state index contributed by atoms with van der Waals surface area (Å²) < 4.78 is 18.8. The maximum Gasteiger partial charge on any atom is 0.193 e. The van der Waals surface area contributed by atoms with Crippen molar-refractivity contribution in [3.63, 3.8) is 0 Å². The van der Waals surface area contributed by atoms with Crippen LogP contribution in [0.4, 0.5) is 4.39 Å². The monoisotopic (exact) mass is 462 g/mol. The van der Waals surface area contributed by atoms with Gasteiger partial charge < -0.3 is 15.0 Å². The number of hydrogen-bond acceptors (Lipinski definition) is 3. The van der Waals surface area contributed by atoms with Crippen molar-refractivity contribution in [1.29, 1.82) is 0 Å². The summed E-state index contributed by atoms with van der Waals surface area (Å²) >= 11 is 0. The average Bonchev–Trinajstić information content (AvgIpc) is 2.55. The standard InChI is InChI=1S/C18H27FN4O.HI/c1-20-18(21-15-4-3-5-15)23-10-8-22(9-11-23)13-14-6-7-17(24-2)16(19)12-14;/h6-7,12,15H,3-5,8-11,13H2,1-2H3,(H,20,21);1H. The molecule has 1 heterocycles. The van der Waals surface area contributed by atoms with E-state index in [1.165, 1.54) is 26.4 Å². The van der Waals surface area contributed by atoms with Gasteiger partial charge in [-0.1, -0.05) is 6.07 Å². The average molecular weight is 462 g/mol. The van der Waals surface area contributed by atoms with Crippen molar-refractivity contribution >= 4 is 29.9 Å². The third-order valence-electron chi connectivity index (χ3n) is 4.94. The van der Waals surface area contributed by atoms with E-state index in [-0.39, 0.29) is 29.8 Å². The zero-order valence-corrected chi connectivity index (χ0v) is 17.3. The first-order chi connectivity index (χ1) is 11.7. The predicted molar refractivity (Wildman–Crippen MR) is 109 cm³/mol. The van der Waals surface area contributed by atoms with E-state index in [1.807, 2.05) is 13.1 Å². The Morgan fingerprint density at radius 3 is 2.52 bits per heavy atom. The van der Waals surface area contributed by atoms with Gasteiger partial charge in [0.1, 0.15) is 0 Å². The number of aliphatic imine (C=N–C) groups is 1. The Morgan fingerprint density at radius 1 is 1.28 bits per heavy atom. The molecule has 0 amide bonds. The second-order valence-electron chi connectivity index (χ2n) is 6.55. The smallest absolute Gasteiger partial charge is 0.193 e. The molecule has 1 N–H and O–H groups in total. The summed E-state index contributed by atoms with van der Waals surface area (Å²) in [5, 5.41) is 3.55. The highest BCUT2D eigenvalue weighted by atomic mass is 127. The zero-order valence-electron chi connectivity index (χ0n) is 15.0. The molecule has 1 saturated carbocycles. The number of methoxy groups -OCH3 is 1. The normalized spacial score (nSPS) is 19.2. The van der Waals surface area contributed by atoms with Crippen LogP contribution in [-0.4, -0.2) is 62.1 Å². The second kappa shape index (κ2) is 9.56. The molecule has 5 nitrogen and oxygen atoms in total. The first kappa shape index (κ1) is 20.2. The Balaban J connectivity index is 0.00000225. The van der Waals surface area contributed by atoms with Gasteiger partial charge in [-0.05, 0) is 37.0 Å². The largest absolute Gasteiger partial charge is 0.494 e. The van der Waals surface area contributed by atoms with E-state index in [2.05, 4.69) is 20.1 Å². The van der Waals surface area contributed by atoms with Gasteiger partial charge in [-0.15, -0.1) is 24.0 Å². The van der Waals surface area contributed by atoms with Crippen molar-refractivity contribution in [1.82, 2.24) is 15.1 Å². The highest BCUT2D eigenvalue weighted by molar-refractivity contribution is 14.0. The van der Waals surface area contributed by atoms with E-state index >= 15 is 0 Å². The van der Waals surface area contributed by atoms with Gasteiger partial charge in [0.2, 0.25) is 0 Å². The van der Waals surface area contributed by atoms with Crippen LogP contribution >= 0.6 is 24.0 Å². The Morgan fingerprint density at radius 2 is 2.00 bits per heavy atom. The molecule has 2 aliphatic rings. The van der Waals surface area contributed by atoms with Gasteiger partial charge in [-0.3, -0.25) is 9.89 Å². The van der Waals surface area contributed by atoms with Crippen molar-refractivity contribution in [2.24, 2.45) is 4.99 Å². The number of halogens is 2. The lowest BCUT2D eigenvalue weighted by molar-refractivity contribution is 0.170. The van der Waals surface area contributed by atoms with E-state index in [0.29, 0.717) is 11.8 Å². The molecule has 3 rings (SSSR count).